The first-order valence-corrected chi connectivity index (χ1v) is 13.1. The average molecular weight is 549 g/mol. The molecule has 0 radical (unpaired) electrons. The lowest BCUT2D eigenvalue weighted by Crippen LogP contribution is -2.59. The summed E-state index contributed by atoms with van der Waals surface area (Å²) in [6.45, 7) is 1.01. The fourth-order valence-corrected chi connectivity index (χ4v) is 5.22. The molecule has 0 aliphatic carbocycles. The highest BCUT2D eigenvalue weighted by Gasteiger charge is 2.54. The molecule has 0 saturated carbocycles. The van der Waals surface area contributed by atoms with Gasteiger partial charge in [-0.05, 0) is 54.6 Å². The number of hydrogen-bond donors (Lipinski definition) is 1. The molecule has 202 valence electrons. The van der Waals surface area contributed by atoms with Gasteiger partial charge in [-0.15, -0.1) is 0 Å². The van der Waals surface area contributed by atoms with Crippen LogP contribution in [0.1, 0.15) is 39.3 Å². The quantitative estimate of drug-likeness (QED) is 0.506. The number of carbonyl (C=O) groups excluding carboxylic acids is 3. The largest absolute Gasteiger partial charge is 0.497 e. The third-order valence-electron chi connectivity index (χ3n) is 7.19. The number of carbonyl (C=O) groups is 3. The first-order valence-electron chi connectivity index (χ1n) is 12.7. The smallest absolute Gasteiger partial charge is 0.257 e. The van der Waals surface area contributed by atoms with Crippen LogP contribution in [0.15, 0.2) is 72.9 Å². The van der Waals surface area contributed by atoms with E-state index >= 15 is 0 Å². The summed E-state index contributed by atoms with van der Waals surface area (Å²) in [6.07, 6.45) is 2.39. The Hall–Kier alpha value is -3.95. The molecule has 2 saturated heterocycles. The maximum absolute atomic E-state index is 14.0. The number of pyridine rings is 1. The molecule has 39 heavy (non-hydrogen) atoms. The van der Waals surface area contributed by atoms with Gasteiger partial charge >= 0.3 is 0 Å². The van der Waals surface area contributed by atoms with Gasteiger partial charge in [-0.25, -0.2) is 0 Å². The normalized spacial score (nSPS) is 18.2. The zero-order valence-corrected chi connectivity index (χ0v) is 22.3. The summed E-state index contributed by atoms with van der Waals surface area (Å²) in [7, 11) is 1.53. The van der Waals surface area contributed by atoms with Gasteiger partial charge in [0.15, 0.2) is 0 Å². The van der Waals surface area contributed by atoms with Crippen molar-refractivity contribution in [1.29, 1.82) is 0 Å². The fraction of sp³-hybridized carbons (Fsp3) is 0.310. The van der Waals surface area contributed by atoms with Crippen LogP contribution in [0.25, 0.3) is 0 Å². The van der Waals surface area contributed by atoms with Crippen LogP contribution in [0.4, 0.5) is 0 Å². The van der Waals surface area contributed by atoms with Crippen molar-refractivity contribution < 1.29 is 23.9 Å². The minimum Gasteiger partial charge on any atom is -0.497 e. The maximum atomic E-state index is 14.0. The van der Waals surface area contributed by atoms with Crippen molar-refractivity contribution in [3.63, 3.8) is 0 Å². The first kappa shape index (κ1) is 26.6. The summed E-state index contributed by atoms with van der Waals surface area (Å²) in [5, 5.41) is 3.46. The zero-order chi connectivity index (χ0) is 27.4. The molecule has 1 aromatic heterocycles. The summed E-state index contributed by atoms with van der Waals surface area (Å²) >= 11 is 5.97. The maximum Gasteiger partial charge on any atom is 0.257 e. The number of likely N-dealkylation sites (tertiary alicyclic amines) is 1. The van der Waals surface area contributed by atoms with Crippen LogP contribution in [-0.2, 0) is 16.1 Å². The van der Waals surface area contributed by atoms with Crippen LogP contribution in [-0.4, -0.2) is 71.1 Å². The molecule has 9 nitrogen and oxygen atoms in total. The number of methoxy groups -OCH3 is 1. The van der Waals surface area contributed by atoms with E-state index in [2.05, 4.69) is 10.3 Å². The highest BCUT2D eigenvalue weighted by Crippen LogP contribution is 2.39. The number of nitrogens with one attached hydrogen (secondary N) is 1. The lowest BCUT2D eigenvalue weighted by atomic mass is 9.96. The minimum atomic E-state index is -1.02. The summed E-state index contributed by atoms with van der Waals surface area (Å²) in [5.41, 5.74) is 0.614. The van der Waals surface area contributed by atoms with E-state index in [1.807, 2.05) is 12.1 Å². The number of ether oxygens (including phenoxy) is 2. The molecule has 10 heteroatoms. The van der Waals surface area contributed by atoms with Gasteiger partial charge in [-0.3, -0.25) is 24.3 Å². The van der Waals surface area contributed by atoms with Gasteiger partial charge in [0, 0.05) is 48.3 Å². The number of rotatable bonds is 6. The van der Waals surface area contributed by atoms with E-state index < -0.39 is 11.8 Å². The van der Waals surface area contributed by atoms with Crippen molar-refractivity contribution in [2.24, 2.45) is 0 Å². The molecule has 1 N–H and O–H groups in total. The molecule has 1 spiro atoms. The summed E-state index contributed by atoms with van der Waals surface area (Å²) in [5.74, 6) is -0.236. The van der Waals surface area contributed by atoms with Gasteiger partial charge in [-0.2, -0.15) is 0 Å². The number of aromatic nitrogens is 1. The van der Waals surface area contributed by atoms with Crippen LogP contribution in [0.5, 0.6) is 5.75 Å². The Morgan fingerprint density at radius 2 is 1.79 bits per heavy atom. The van der Waals surface area contributed by atoms with E-state index in [4.69, 9.17) is 21.1 Å². The molecule has 2 aromatic carbocycles. The number of benzene rings is 2. The van der Waals surface area contributed by atoms with E-state index in [-0.39, 0.29) is 30.9 Å². The Kier molecular flexibility index (Phi) is 7.81. The average Bonchev–Trinajstić information content (AvgIpc) is 3.34. The van der Waals surface area contributed by atoms with E-state index in [1.165, 1.54) is 7.11 Å². The van der Waals surface area contributed by atoms with Crippen LogP contribution >= 0.6 is 11.6 Å². The molecule has 3 amide bonds. The van der Waals surface area contributed by atoms with Crippen LogP contribution < -0.4 is 10.1 Å². The van der Waals surface area contributed by atoms with Crippen molar-refractivity contribution in [2.75, 3.05) is 26.8 Å². The zero-order valence-electron chi connectivity index (χ0n) is 21.5. The van der Waals surface area contributed by atoms with Gasteiger partial charge < -0.3 is 19.7 Å². The highest BCUT2D eigenvalue weighted by molar-refractivity contribution is 6.30. The second-order valence-electron chi connectivity index (χ2n) is 9.52. The Morgan fingerprint density at radius 3 is 2.49 bits per heavy atom. The first-order chi connectivity index (χ1) is 18.9. The van der Waals surface area contributed by atoms with Crippen molar-refractivity contribution >= 4 is 29.3 Å². The third-order valence-corrected chi connectivity index (χ3v) is 7.44. The molecular formula is C29H29ClN4O5. The van der Waals surface area contributed by atoms with Gasteiger partial charge in [-0.1, -0.05) is 23.7 Å². The van der Waals surface area contributed by atoms with Crippen molar-refractivity contribution in [3.05, 3.63) is 94.8 Å². The van der Waals surface area contributed by atoms with E-state index in [1.54, 1.807) is 70.6 Å². The van der Waals surface area contributed by atoms with Crippen LogP contribution in [0.3, 0.4) is 0 Å². The molecule has 2 aliphatic heterocycles. The summed E-state index contributed by atoms with van der Waals surface area (Å²) < 4.78 is 11.6. The van der Waals surface area contributed by atoms with Crippen molar-refractivity contribution in [2.45, 2.75) is 31.2 Å². The van der Waals surface area contributed by atoms with Gasteiger partial charge in [0.2, 0.25) is 5.91 Å². The second-order valence-corrected chi connectivity index (χ2v) is 9.95. The van der Waals surface area contributed by atoms with Crippen LogP contribution in [0.2, 0.25) is 5.02 Å². The molecule has 3 aromatic rings. The van der Waals surface area contributed by atoms with E-state index in [9.17, 15) is 14.4 Å². The topological polar surface area (TPSA) is 101 Å². The predicted molar refractivity (Wildman–Crippen MR) is 144 cm³/mol. The van der Waals surface area contributed by atoms with Gasteiger partial charge in [0.25, 0.3) is 11.8 Å². The third kappa shape index (κ3) is 5.60. The molecule has 0 bridgehead atoms. The standard InChI is InChI=1S/C29H29ClN4O5/c1-38-24-7-4-5-21(17-24)28(37)34-25(26(35)32-18-23-6-2-3-14-31-23)19-39-29(34)12-15-33(16-13-29)27(36)20-8-10-22(30)11-9-20/h2-11,14,17,25H,12-13,15-16,18-19H2,1H3,(H,32,35). The predicted octanol–water partition coefficient (Wildman–Crippen LogP) is 3.53. The fourth-order valence-electron chi connectivity index (χ4n) is 5.09. The Morgan fingerprint density at radius 1 is 1.03 bits per heavy atom. The monoisotopic (exact) mass is 548 g/mol. The summed E-state index contributed by atoms with van der Waals surface area (Å²) in [4.78, 5) is 48.0. The molecule has 1 unspecified atom stereocenters. The molecule has 3 heterocycles. The minimum absolute atomic E-state index is 0.0505. The second kappa shape index (κ2) is 11.4. The SMILES string of the molecule is COc1cccc(C(=O)N2C(C(=O)NCc3ccccn3)COC23CCN(C(=O)c2ccc(Cl)cc2)CC3)c1. The molecule has 1 atom stereocenters. The van der Waals surface area contributed by atoms with Gasteiger partial charge in [0.05, 0.1) is 26.0 Å². The van der Waals surface area contributed by atoms with E-state index in [0.29, 0.717) is 53.5 Å². The number of hydrogen-bond acceptors (Lipinski definition) is 6. The number of nitrogens with zero attached hydrogens (tertiary/aromatic N) is 3. The summed E-state index contributed by atoms with van der Waals surface area (Å²) in [6, 6.07) is 18.2. The molecule has 2 fully saturated rings. The molecular weight excluding hydrogens is 520 g/mol. The van der Waals surface area contributed by atoms with Crippen LogP contribution in [0, 0.1) is 0 Å². The molecule has 5 rings (SSSR count). The van der Waals surface area contributed by atoms with E-state index in [0.717, 1.165) is 0 Å². The number of halogens is 1. The lowest BCUT2D eigenvalue weighted by Gasteiger charge is -2.44. The van der Waals surface area contributed by atoms with Crippen molar-refractivity contribution in [1.82, 2.24) is 20.1 Å². The lowest BCUT2D eigenvalue weighted by molar-refractivity contribution is -0.128. The Balaban J connectivity index is 1.37. The highest BCUT2D eigenvalue weighted by atomic mass is 35.5. The number of piperidine rings is 1. The molecule has 2 aliphatic rings. The van der Waals surface area contributed by atoms with Crippen molar-refractivity contribution in [3.8, 4) is 5.75 Å². The van der Waals surface area contributed by atoms with Gasteiger partial charge in [0.1, 0.15) is 17.5 Å². The Labute approximate surface area is 231 Å². The number of amides is 3. The Bertz CT molecular complexity index is 1340.